The molecule has 1 N–H and O–H groups in total. The Balaban J connectivity index is 2.03. The third kappa shape index (κ3) is 2.58. The summed E-state index contributed by atoms with van der Waals surface area (Å²) in [5.41, 5.74) is 0. The summed E-state index contributed by atoms with van der Waals surface area (Å²) in [6.07, 6.45) is -5.84. The number of rotatable bonds is 1. The number of aliphatic carboxylic acids is 1. The molecule has 8 heteroatoms. The van der Waals surface area contributed by atoms with Crippen LogP contribution in [0.15, 0.2) is 0 Å². The summed E-state index contributed by atoms with van der Waals surface area (Å²) in [5, 5.41) is 8.88. The van der Waals surface area contributed by atoms with Crippen LogP contribution in [0.5, 0.6) is 0 Å². The first-order valence-electron chi connectivity index (χ1n) is 5.51. The summed E-state index contributed by atoms with van der Waals surface area (Å²) in [7, 11) is 0. The van der Waals surface area contributed by atoms with Crippen LogP contribution in [0.25, 0.3) is 0 Å². The zero-order chi connectivity index (χ0) is 13.5. The molecule has 0 aromatic heterocycles. The van der Waals surface area contributed by atoms with Crippen LogP contribution in [0.4, 0.5) is 13.2 Å². The number of carbonyl (C=O) groups excluding carboxylic acids is 1. The molecule has 2 bridgehead atoms. The normalized spacial score (nSPS) is 32.2. The molecule has 102 valence electrons. The number of fused-ring (bicyclic) bond motifs is 2. The number of hydrogen-bond acceptors (Lipinski definition) is 3. The lowest BCUT2D eigenvalue weighted by molar-refractivity contribution is -0.200. The second-order valence-electron chi connectivity index (χ2n) is 4.59. The molecule has 18 heavy (non-hydrogen) atoms. The van der Waals surface area contributed by atoms with E-state index in [1.807, 2.05) is 0 Å². The van der Waals surface area contributed by atoms with Crippen molar-refractivity contribution in [1.29, 1.82) is 0 Å². The summed E-state index contributed by atoms with van der Waals surface area (Å²) in [6.45, 7) is -0.392. The van der Waals surface area contributed by atoms with Crippen LogP contribution in [0.1, 0.15) is 12.8 Å². The van der Waals surface area contributed by atoms with Gasteiger partial charge < -0.3 is 14.7 Å². The molecule has 2 aliphatic rings. The molecule has 2 fully saturated rings. The van der Waals surface area contributed by atoms with E-state index >= 15 is 0 Å². The summed E-state index contributed by atoms with van der Waals surface area (Å²) < 4.78 is 42.2. The molecule has 5 nitrogen and oxygen atoms in total. The van der Waals surface area contributed by atoms with Crippen molar-refractivity contribution in [3.05, 3.63) is 0 Å². The molecule has 2 atom stereocenters. The third-order valence-electron chi connectivity index (χ3n) is 3.21. The molecule has 0 aromatic carbocycles. The Morgan fingerprint density at radius 1 is 1.17 bits per heavy atom. The van der Waals surface area contributed by atoms with Gasteiger partial charge in [-0.1, -0.05) is 0 Å². The van der Waals surface area contributed by atoms with Gasteiger partial charge in [0.25, 0.3) is 0 Å². The van der Waals surface area contributed by atoms with Crippen molar-refractivity contribution >= 4 is 11.9 Å². The number of nitrogens with zero attached hydrogens (tertiary/aromatic N) is 1. The maximum Gasteiger partial charge on any atom is 0.471 e. The van der Waals surface area contributed by atoms with Crippen LogP contribution in [0.3, 0.4) is 0 Å². The first kappa shape index (κ1) is 13.1. The molecule has 2 aliphatic heterocycles. The summed E-state index contributed by atoms with van der Waals surface area (Å²) in [6, 6.07) is 0. The van der Waals surface area contributed by atoms with Crippen molar-refractivity contribution in [2.24, 2.45) is 5.92 Å². The van der Waals surface area contributed by atoms with E-state index in [1.165, 1.54) is 0 Å². The standard InChI is InChI=1S/C10H12F3NO4/c11-10(12,13)9(17)14-3-6-1-5(8(15)16)2-7(4-14)18-6/h5-7H,1-4H2,(H,15,16). The molecule has 2 saturated heterocycles. The third-order valence-corrected chi connectivity index (χ3v) is 3.21. The van der Waals surface area contributed by atoms with E-state index in [-0.39, 0.29) is 25.9 Å². The second kappa shape index (κ2) is 4.42. The lowest BCUT2D eigenvalue weighted by Crippen LogP contribution is -2.56. The summed E-state index contributed by atoms with van der Waals surface area (Å²) in [5.74, 6) is -3.45. The largest absolute Gasteiger partial charge is 0.481 e. The highest BCUT2D eigenvalue weighted by Gasteiger charge is 2.47. The average molecular weight is 267 g/mol. The number of alkyl halides is 3. The molecule has 2 heterocycles. The highest BCUT2D eigenvalue weighted by atomic mass is 19.4. The van der Waals surface area contributed by atoms with Crippen LogP contribution in [0.2, 0.25) is 0 Å². The Kier molecular flexibility index (Phi) is 3.22. The van der Waals surface area contributed by atoms with E-state index in [0.717, 1.165) is 0 Å². The number of hydrogen-bond donors (Lipinski definition) is 1. The minimum absolute atomic E-state index is 0.146. The van der Waals surface area contributed by atoms with Crippen molar-refractivity contribution in [1.82, 2.24) is 4.90 Å². The van der Waals surface area contributed by atoms with Crippen molar-refractivity contribution < 1.29 is 32.6 Å². The fourth-order valence-corrected chi connectivity index (χ4v) is 2.46. The Morgan fingerprint density at radius 3 is 2.06 bits per heavy atom. The number of halogens is 3. The number of ether oxygens (including phenoxy) is 1. The quantitative estimate of drug-likeness (QED) is 0.757. The lowest BCUT2D eigenvalue weighted by Gasteiger charge is -2.43. The number of carbonyl (C=O) groups is 2. The SMILES string of the molecule is O=C(O)C1CC2CN(C(=O)C(F)(F)F)CC(C1)O2. The number of carboxylic acid groups (broad SMARTS) is 1. The Morgan fingerprint density at radius 2 is 1.67 bits per heavy atom. The molecular formula is C10H12F3NO4. The molecular weight excluding hydrogens is 255 g/mol. The highest BCUT2D eigenvalue weighted by molar-refractivity contribution is 5.82. The first-order chi connectivity index (χ1) is 8.27. The van der Waals surface area contributed by atoms with Gasteiger partial charge in [0.15, 0.2) is 0 Å². The number of likely N-dealkylation sites (tertiary alicyclic amines) is 1. The van der Waals surface area contributed by atoms with Gasteiger partial charge in [0.05, 0.1) is 18.1 Å². The van der Waals surface area contributed by atoms with Gasteiger partial charge in [0.1, 0.15) is 0 Å². The van der Waals surface area contributed by atoms with Crippen LogP contribution < -0.4 is 0 Å². The van der Waals surface area contributed by atoms with Crippen molar-refractivity contribution in [2.45, 2.75) is 31.2 Å². The molecule has 0 aliphatic carbocycles. The molecule has 1 amide bonds. The minimum atomic E-state index is -4.89. The number of morpholine rings is 1. The molecule has 0 spiro atoms. The van der Waals surface area contributed by atoms with Gasteiger partial charge in [-0.15, -0.1) is 0 Å². The van der Waals surface area contributed by atoms with E-state index in [9.17, 15) is 22.8 Å². The predicted octanol–water partition coefficient (Wildman–Crippen LogP) is 0.639. The van der Waals surface area contributed by atoms with Gasteiger partial charge >= 0.3 is 18.1 Å². The van der Waals surface area contributed by atoms with Gasteiger partial charge in [-0.3, -0.25) is 9.59 Å². The van der Waals surface area contributed by atoms with Gasteiger partial charge in [-0.2, -0.15) is 13.2 Å². The zero-order valence-electron chi connectivity index (χ0n) is 9.31. The number of amides is 1. The van der Waals surface area contributed by atoms with Crippen LogP contribution in [-0.2, 0) is 14.3 Å². The van der Waals surface area contributed by atoms with Crippen molar-refractivity contribution in [2.75, 3.05) is 13.1 Å². The predicted molar refractivity (Wildman–Crippen MR) is 51.7 cm³/mol. The Labute approximate surface area is 100 Å². The maximum atomic E-state index is 12.3. The van der Waals surface area contributed by atoms with Gasteiger partial charge in [0.2, 0.25) is 0 Å². The molecule has 2 rings (SSSR count). The molecule has 0 saturated carbocycles. The average Bonchev–Trinajstić information content (AvgIpc) is 2.25. The Hall–Kier alpha value is -1.31. The minimum Gasteiger partial charge on any atom is -0.481 e. The molecule has 0 radical (unpaired) electrons. The van der Waals surface area contributed by atoms with Crippen LogP contribution in [0, 0.1) is 5.92 Å². The fraction of sp³-hybridized carbons (Fsp3) is 0.800. The van der Waals surface area contributed by atoms with E-state index in [2.05, 4.69) is 0 Å². The van der Waals surface area contributed by atoms with Crippen LogP contribution >= 0.6 is 0 Å². The van der Waals surface area contributed by atoms with E-state index < -0.39 is 36.2 Å². The molecule has 2 unspecified atom stereocenters. The monoisotopic (exact) mass is 267 g/mol. The second-order valence-corrected chi connectivity index (χ2v) is 4.59. The Bertz CT molecular complexity index is 357. The van der Waals surface area contributed by atoms with Gasteiger partial charge in [-0.05, 0) is 12.8 Å². The maximum absolute atomic E-state index is 12.3. The fourth-order valence-electron chi connectivity index (χ4n) is 2.46. The van der Waals surface area contributed by atoms with E-state index in [0.29, 0.717) is 4.90 Å². The van der Waals surface area contributed by atoms with Crippen LogP contribution in [-0.4, -0.2) is 53.4 Å². The number of carboxylic acids is 1. The van der Waals surface area contributed by atoms with E-state index in [1.54, 1.807) is 0 Å². The zero-order valence-corrected chi connectivity index (χ0v) is 9.31. The molecule has 0 aromatic rings. The van der Waals surface area contributed by atoms with Gasteiger partial charge in [-0.25, -0.2) is 0 Å². The van der Waals surface area contributed by atoms with Crippen molar-refractivity contribution in [3.8, 4) is 0 Å². The first-order valence-corrected chi connectivity index (χ1v) is 5.51. The summed E-state index contributed by atoms with van der Waals surface area (Å²) >= 11 is 0. The topological polar surface area (TPSA) is 66.8 Å². The van der Waals surface area contributed by atoms with E-state index in [4.69, 9.17) is 9.84 Å². The lowest BCUT2D eigenvalue weighted by atomic mass is 9.89. The highest BCUT2D eigenvalue weighted by Crippen LogP contribution is 2.31. The van der Waals surface area contributed by atoms with Gasteiger partial charge in [0, 0.05) is 13.1 Å². The smallest absolute Gasteiger partial charge is 0.471 e. The van der Waals surface area contributed by atoms with Crippen molar-refractivity contribution in [3.63, 3.8) is 0 Å². The summed E-state index contributed by atoms with van der Waals surface area (Å²) in [4.78, 5) is 22.6.